The van der Waals surface area contributed by atoms with Crippen molar-refractivity contribution in [2.24, 2.45) is 5.92 Å². The van der Waals surface area contributed by atoms with Gasteiger partial charge in [-0.2, -0.15) is 27.1 Å². The summed E-state index contributed by atoms with van der Waals surface area (Å²) in [6.07, 6.45) is -5.10. The lowest BCUT2D eigenvalue weighted by atomic mass is 9.96. The van der Waals surface area contributed by atoms with Crippen molar-refractivity contribution < 1.29 is 36.2 Å². The number of nitrogens with zero attached hydrogens (tertiary/aromatic N) is 3. The number of hydrogen-bond acceptors (Lipinski definition) is 3. The molecule has 2 amide bonds. The maximum atomic E-state index is 15.0. The Morgan fingerprint density at radius 2 is 2.06 bits per heavy atom. The lowest BCUT2D eigenvalue weighted by Crippen LogP contribution is -2.45. The Bertz CT molecular complexity index is 1070. The molecule has 180 valence electrons. The molecule has 0 bridgehead atoms. The van der Waals surface area contributed by atoms with E-state index in [1.165, 1.54) is 9.58 Å². The summed E-state index contributed by atoms with van der Waals surface area (Å²) in [4.78, 5) is 14.1. The van der Waals surface area contributed by atoms with Crippen LogP contribution in [0.2, 0.25) is 0 Å². The lowest BCUT2D eigenvalue weighted by Gasteiger charge is -2.33. The smallest absolute Gasteiger partial charge is 0.396 e. The summed E-state index contributed by atoms with van der Waals surface area (Å²) in [6, 6.07) is 0.825. The minimum atomic E-state index is -4.94. The second-order valence-electron chi connectivity index (χ2n) is 8.55. The van der Waals surface area contributed by atoms with Crippen LogP contribution in [0.5, 0.6) is 0 Å². The predicted molar refractivity (Wildman–Crippen MR) is 105 cm³/mol. The number of benzene rings is 1. The number of carbonyl (C=O) groups is 1. The van der Waals surface area contributed by atoms with E-state index in [9.17, 15) is 36.2 Å². The van der Waals surface area contributed by atoms with E-state index in [0.717, 1.165) is 6.07 Å². The normalized spacial score (nSPS) is 22.4. The van der Waals surface area contributed by atoms with Crippen LogP contribution in [-0.4, -0.2) is 38.5 Å². The third kappa shape index (κ3) is 4.40. The minimum Gasteiger partial charge on any atom is -0.396 e. The van der Waals surface area contributed by atoms with Gasteiger partial charge in [0.15, 0.2) is 0 Å². The van der Waals surface area contributed by atoms with Crippen molar-refractivity contribution in [2.75, 3.05) is 11.9 Å². The monoisotopic (exact) mass is 476 g/mol. The first-order valence-corrected chi connectivity index (χ1v) is 10.4. The summed E-state index contributed by atoms with van der Waals surface area (Å²) in [5, 5.41) is 16.1. The van der Waals surface area contributed by atoms with Crippen molar-refractivity contribution in [2.45, 2.75) is 57.4 Å². The highest BCUT2D eigenvalue weighted by Crippen LogP contribution is 2.42. The summed E-state index contributed by atoms with van der Waals surface area (Å²) >= 11 is 0. The molecule has 6 nitrogen and oxygen atoms in total. The van der Waals surface area contributed by atoms with Gasteiger partial charge in [0, 0.05) is 49.2 Å². The molecule has 2 aliphatic rings. The number of urea groups is 1. The van der Waals surface area contributed by atoms with Gasteiger partial charge in [-0.1, -0.05) is 0 Å². The number of alkyl halides is 5. The van der Waals surface area contributed by atoms with Crippen LogP contribution in [0.4, 0.5) is 36.8 Å². The molecule has 2 atom stereocenters. The van der Waals surface area contributed by atoms with E-state index < -0.39 is 42.0 Å². The average Bonchev–Trinajstić information content (AvgIpc) is 3.02. The second-order valence-corrected chi connectivity index (χ2v) is 8.55. The van der Waals surface area contributed by atoms with Gasteiger partial charge in [-0.25, -0.2) is 9.18 Å². The Morgan fingerprint density at radius 1 is 1.33 bits per heavy atom. The van der Waals surface area contributed by atoms with Gasteiger partial charge >= 0.3 is 12.2 Å². The van der Waals surface area contributed by atoms with E-state index in [0.29, 0.717) is 17.8 Å². The number of aliphatic hydroxyl groups excluding tert-OH is 1. The molecule has 0 radical (unpaired) electrons. The summed E-state index contributed by atoms with van der Waals surface area (Å²) in [5.74, 6) is -5.04. The number of fused-ring (bicyclic) bond motifs is 3. The first-order valence-electron chi connectivity index (χ1n) is 10.4. The van der Waals surface area contributed by atoms with Crippen LogP contribution in [-0.2, 0) is 31.6 Å². The van der Waals surface area contributed by atoms with E-state index in [1.807, 2.05) is 0 Å². The van der Waals surface area contributed by atoms with Crippen LogP contribution >= 0.6 is 0 Å². The van der Waals surface area contributed by atoms with E-state index in [4.69, 9.17) is 0 Å². The van der Waals surface area contributed by atoms with Gasteiger partial charge in [0.1, 0.15) is 11.5 Å². The molecular formula is C21H22F6N4O2. The zero-order valence-electron chi connectivity index (χ0n) is 17.6. The number of nitrogens with one attached hydrogen (secondary N) is 1. The average molecular weight is 476 g/mol. The second kappa shape index (κ2) is 8.23. The molecule has 0 spiro atoms. The number of anilines is 1. The molecule has 0 fully saturated rings. The van der Waals surface area contributed by atoms with Gasteiger partial charge in [-0.15, -0.1) is 0 Å². The third-order valence-corrected chi connectivity index (χ3v) is 6.17. The Hall–Kier alpha value is -2.76. The van der Waals surface area contributed by atoms with Crippen LogP contribution in [0.15, 0.2) is 18.2 Å². The van der Waals surface area contributed by atoms with Gasteiger partial charge < -0.3 is 15.3 Å². The van der Waals surface area contributed by atoms with Gasteiger partial charge in [-0.05, 0) is 31.5 Å². The zero-order chi connectivity index (χ0) is 24.1. The molecular weight excluding hydrogens is 454 g/mol. The van der Waals surface area contributed by atoms with Gasteiger partial charge in [0.2, 0.25) is 0 Å². The number of hydrogen-bond donors (Lipinski definition) is 2. The molecule has 1 aromatic heterocycles. The van der Waals surface area contributed by atoms with Crippen molar-refractivity contribution >= 4 is 11.7 Å². The summed E-state index contributed by atoms with van der Waals surface area (Å²) in [6.45, 7) is 1.35. The fourth-order valence-corrected chi connectivity index (χ4v) is 4.41. The molecule has 2 aromatic rings. The third-order valence-electron chi connectivity index (χ3n) is 6.17. The van der Waals surface area contributed by atoms with Gasteiger partial charge in [0.25, 0.3) is 5.92 Å². The van der Waals surface area contributed by atoms with Crippen molar-refractivity contribution in [1.82, 2.24) is 14.7 Å². The summed E-state index contributed by atoms with van der Waals surface area (Å²) in [7, 11) is 0. The highest BCUT2D eigenvalue weighted by atomic mass is 19.4. The van der Waals surface area contributed by atoms with Crippen LogP contribution in [0.25, 0.3) is 0 Å². The van der Waals surface area contributed by atoms with Crippen molar-refractivity contribution in [3.8, 4) is 0 Å². The Balaban J connectivity index is 1.61. The molecule has 0 aliphatic carbocycles. The molecule has 12 heteroatoms. The van der Waals surface area contributed by atoms with Crippen LogP contribution in [0, 0.1) is 11.7 Å². The van der Waals surface area contributed by atoms with Crippen LogP contribution in [0.3, 0.4) is 0 Å². The number of aromatic nitrogens is 2. The van der Waals surface area contributed by atoms with E-state index in [1.54, 1.807) is 6.92 Å². The molecule has 0 saturated heterocycles. The molecule has 3 heterocycles. The van der Waals surface area contributed by atoms with Gasteiger partial charge in [0.05, 0.1) is 17.8 Å². The maximum Gasteiger partial charge on any atom is 0.419 e. The molecule has 2 N–H and O–H groups in total. The fourth-order valence-electron chi connectivity index (χ4n) is 4.41. The number of halogens is 6. The SMILES string of the molecule is C[C@@H]1Cc2nn3c(c2CN1C(=O)Nc1ccc(F)c(C(F)(F)F)c1)C(F)(F)CC[C@H](CO)C3. The first kappa shape index (κ1) is 23.4. The highest BCUT2D eigenvalue weighted by Gasteiger charge is 2.44. The minimum absolute atomic E-state index is 0.119. The van der Waals surface area contributed by atoms with Crippen molar-refractivity contribution in [1.29, 1.82) is 0 Å². The van der Waals surface area contributed by atoms with Crippen molar-refractivity contribution in [3.05, 3.63) is 46.5 Å². The number of aliphatic hydroxyl groups is 1. The quantitative estimate of drug-likeness (QED) is 0.627. The Labute approximate surface area is 185 Å². The van der Waals surface area contributed by atoms with Crippen LogP contribution in [0.1, 0.15) is 42.3 Å². The van der Waals surface area contributed by atoms with E-state index in [2.05, 4.69) is 10.4 Å². The first-order chi connectivity index (χ1) is 15.4. The topological polar surface area (TPSA) is 70.4 Å². The largest absolute Gasteiger partial charge is 0.419 e. The highest BCUT2D eigenvalue weighted by molar-refractivity contribution is 5.89. The zero-order valence-corrected chi connectivity index (χ0v) is 17.6. The summed E-state index contributed by atoms with van der Waals surface area (Å²) in [5.41, 5.74) is -1.44. The molecule has 0 saturated carbocycles. The number of carbonyl (C=O) groups excluding carboxylic acids is 1. The Kier molecular flexibility index (Phi) is 5.83. The Morgan fingerprint density at radius 3 is 2.73 bits per heavy atom. The summed E-state index contributed by atoms with van der Waals surface area (Å²) < 4.78 is 83.6. The van der Waals surface area contributed by atoms with E-state index in [-0.39, 0.29) is 55.4 Å². The molecule has 4 rings (SSSR count). The lowest BCUT2D eigenvalue weighted by molar-refractivity contribution is -0.139. The van der Waals surface area contributed by atoms with Crippen LogP contribution < -0.4 is 5.32 Å². The fraction of sp³-hybridized carbons (Fsp3) is 0.524. The van der Waals surface area contributed by atoms with Gasteiger partial charge in [-0.3, -0.25) is 4.68 Å². The molecule has 2 aliphatic heterocycles. The molecule has 1 aromatic carbocycles. The van der Waals surface area contributed by atoms with E-state index >= 15 is 0 Å². The number of amides is 2. The molecule has 33 heavy (non-hydrogen) atoms. The number of rotatable bonds is 2. The predicted octanol–water partition coefficient (Wildman–Crippen LogP) is 4.51. The maximum absolute atomic E-state index is 15.0. The molecule has 0 unspecified atom stereocenters. The standard InChI is InChI=1S/C21H22F6N4O2/c1-11-6-17-14(18-20(23,24)5-4-12(10-32)8-31(18)29-17)9-30(11)19(33)28-13-2-3-16(22)15(7-13)21(25,26)27/h2-3,7,11-12,32H,4-6,8-10H2,1H3,(H,28,33)/t11-,12+/m1/s1. The van der Waals surface area contributed by atoms with Crippen molar-refractivity contribution in [3.63, 3.8) is 0 Å².